The third kappa shape index (κ3) is 4.63. The molecule has 21 heavy (non-hydrogen) atoms. The zero-order chi connectivity index (χ0) is 15.2. The molecule has 1 saturated heterocycles. The number of anilines is 1. The number of hydrogen-bond donors (Lipinski definition) is 1. The molecule has 2 rings (SSSR count). The van der Waals surface area contributed by atoms with Gasteiger partial charge < -0.3 is 15.0 Å². The minimum absolute atomic E-state index is 0.504. The molecule has 0 amide bonds. The molecule has 0 atom stereocenters. The standard InChI is InChI=1S/C18H30N2O/c1-5-21-18-12-16(13-19-14(2)3)6-7-17(18)20-10-8-15(4)9-11-20/h6-7,12,14-15,19H,5,8-11,13H2,1-4H3. The van der Waals surface area contributed by atoms with Gasteiger partial charge in [0.1, 0.15) is 5.75 Å². The zero-order valence-electron chi connectivity index (χ0n) is 14.0. The fourth-order valence-corrected chi connectivity index (χ4v) is 2.77. The summed E-state index contributed by atoms with van der Waals surface area (Å²) in [5, 5.41) is 3.47. The minimum Gasteiger partial charge on any atom is -0.492 e. The van der Waals surface area contributed by atoms with Gasteiger partial charge in [-0.3, -0.25) is 0 Å². The van der Waals surface area contributed by atoms with E-state index in [4.69, 9.17) is 4.74 Å². The lowest BCUT2D eigenvalue weighted by atomic mass is 9.98. The topological polar surface area (TPSA) is 24.5 Å². The van der Waals surface area contributed by atoms with Crippen molar-refractivity contribution in [2.45, 2.75) is 53.1 Å². The lowest BCUT2D eigenvalue weighted by Crippen LogP contribution is -2.33. The van der Waals surface area contributed by atoms with E-state index >= 15 is 0 Å². The Morgan fingerprint density at radius 1 is 1.29 bits per heavy atom. The average molecular weight is 290 g/mol. The second kappa shape index (κ2) is 7.69. The third-order valence-corrected chi connectivity index (χ3v) is 4.16. The number of ether oxygens (including phenoxy) is 1. The van der Waals surface area contributed by atoms with Gasteiger partial charge in [0.2, 0.25) is 0 Å². The maximum absolute atomic E-state index is 5.90. The first-order valence-electron chi connectivity index (χ1n) is 8.34. The molecule has 1 fully saturated rings. The van der Waals surface area contributed by atoms with E-state index in [1.54, 1.807) is 0 Å². The predicted molar refractivity (Wildman–Crippen MR) is 90.2 cm³/mol. The number of nitrogens with one attached hydrogen (secondary N) is 1. The highest BCUT2D eigenvalue weighted by Gasteiger charge is 2.19. The van der Waals surface area contributed by atoms with Gasteiger partial charge in [0.05, 0.1) is 12.3 Å². The predicted octanol–water partition coefficient (Wildman–Crippen LogP) is 3.82. The maximum Gasteiger partial charge on any atom is 0.142 e. The Kier molecular flexibility index (Phi) is 5.92. The van der Waals surface area contributed by atoms with Crippen LogP contribution in [0.25, 0.3) is 0 Å². The van der Waals surface area contributed by atoms with Crippen LogP contribution in [-0.2, 0) is 6.54 Å². The molecule has 3 nitrogen and oxygen atoms in total. The van der Waals surface area contributed by atoms with Gasteiger partial charge in [-0.1, -0.05) is 26.8 Å². The number of piperidine rings is 1. The van der Waals surface area contributed by atoms with Crippen LogP contribution in [-0.4, -0.2) is 25.7 Å². The molecular formula is C18H30N2O. The summed E-state index contributed by atoms with van der Waals surface area (Å²) < 4.78 is 5.90. The molecule has 1 heterocycles. The summed E-state index contributed by atoms with van der Waals surface area (Å²) in [4.78, 5) is 2.48. The van der Waals surface area contributed by atoms with Crippen LogP contribution in [0, 0.1) is 5.92 Å². The molecular weight excluding hydrogens is 260 g/mol. The van der Waals surface area contributed by atoms with Crippen LogP contribution in [0.2, 0.25) is 0 Å². The van der Waals surface area contributed by atoms with E-state index in [-0.39, 0.29) is 0 Å². The quantitative estimate of drug-likeness (QED) is 0.862. The van der Waals surface area contributed by atoms with Crippen LogP contribution < -0.4 is 15.0 Å². The van der Waals surface area contributed by atoms with Crippen LogP contribution in [0.4, 0.5) is 5.69 Å². The molecule has 1 N–H and O–H groups in total. The third-order valence-electron chi connectivity index (χ3n) is 4.16. The van der Waals surface area contributed by atoms with Gasteiger partial charge >= 0.3 is 0 Å². The fraction of sp³-hybridized carbons (Fsp3) is 0.667. The van der Waals surface area contributed by atoms with Crippen molar-refractivity contribution >= 4 is 5.69 Å². The van der Waals surface area contributed by atoms with Gasteiger partial charge in [0.25, 0.3) is 0 Å². The van der Waals surface area contributed by atoms with Crippen molar-refractivity contribution in [3.63, 3.8) is 0 Å². The molecule has 1 aromatic rings. The van der Waals surface area contributed by atoms with E-state index in [0.717, 1.165) is 37.9 Å². The average Bonchev–Trinajstić information content (AvgIpc) is 2.47. The Morgan fingerprint density at radius 2 is 2.00 bits per heavy atom. The Hall–Kier alpha value is -1.22. The first kappa shape index (κ1) is 16.2. The smallest absolute Gasteiger partial charge is 0.142 e. The largest absolute Gasteiger partial charge is 0.492 e. The van der Waals surface area contributed by atoms with E-state index in [0.29, 0.717) is 6.04 Å². The summed E-state index contributed by atoms with van der Waals surface area (Å²) in [6, 6.07) is 7.17. The molecule has 1 aliphatic heterocycles. The Morgan fingerprint density at radius 3 is 2.62 bits per heavy atom. The van der Waals surface area contributed by atoms with E-state index < -0.39 is 0 Å². The van der Waals surface area contributed by atoms with Crippen LogP contribution in [0.3, 0.4) is 0 Å². The van der Waals surface area contributed by atoms with E-state index in [9.17, 15) is 0 Å². The summed E-state index contributed by atoms with van der Waals surface area (Å²) in [6.07, 6.45) is 2.56. The minimum atomic E-state index is 0.504. The van der Waals surface area contributed by atoms with Gasteiger partial charge in [0, 0.05) is 25.7 Å². The molecule has 3 heteroatoms. The van der Waals surface area contributed by atoms with Crippen molar-refractivity contribution in [3.05, 3.63) is 23.8 Å². The normalized spacial score (nSPS) is 16.5. The van der Waals surface area contributed by atoms with Crippen LogP contribution >= 0.6 is 0 Å². The van der Waals surface area contributed by atoms with Gasteiger partial charge in [-0.05, 0) is 43.4 Å². The van der Waals surface area contributed by atoms with Crippen molar-refractivity contribution in [3.8, 4) is 5.75 Å². The summed E-state index contributed by atoms with van der Waals surface area (Å²) in [5.74, 6) is 1.89. The van der Waals surface area contributed by atoms with Gasteiger partial charge in [0.15, 0.2) is 0 Å². The highest BCUT2D eigenvalue weighted by atomic mass is 16.5. The fourth-order valence-electron chi connectivity index (χ4n) is 2.77. The molecule has 0 radical (unpaired) electrons. The summed E-state index contributed by atoms with van der Waals surface area (Å²) in [6.45, 7) is 12.7. The molecule has 1 aliphatic rings. The van der Waals surface area contributed by atoms with Crippen LogP contribution in [0.1, 0.15) is 46.1 Å². The van der Waals surface area contributed by atoms with E-state index in [1.807, 2.05) is 0 Å². The van der Waals surface area contributed by atoms with Crippen molar-refractivity contribution in [1.82, 2.24) is 5.32 Å². The van der Waals surface area contributed by atoms with Crippen molar-refractivity contribution in [1.29, 1.82) is 0 Å². The summed E-state index contributed by atoms with van der Waals surface area (Å²) >= 11 is 0. The number of nitrogens with zero attached hydrogens (tertiary/aromatic N) is 1. The molecule has 0 spiro atoms. The summed E-state index contributed by atoms with van der Waals surface area (Å²) in [7, 11) is 0. The molecule has 0 aromatic heterocycles. The second-order valence-electron chi connectivity index (χ2n) is 6.44. The Labute approximate surface area is 129 Å². The maximum atomic E-state index is 5.90. The lowest BCUT2D eigenvalue weighted by molar-refractivity contribution is 0.337. The number of hydrogen-bond acceptors (Lipinski definition) is 3. The Bertz CT molecular complexity index is 437. The molecule has 0 unspecified atom stereocenters. The second-order valence-corrected chi connectivity index (χ2v) is 6.44. The molecule has 118 valence electrons. The van der Waals surface area contributed by atoms with E-state index in [2.05, 4.69) is 56.1 Å². The van der Waals surface area contributed by atoms with Crippen LogP contribution in [0.15, 0.2) is 18.2 Å². The SMILES string of the molecule is CCOc1cc(CNC(C)C)ccc1N1CCC(C)CC1. The molecule has 0 aliphatic carbocycles. The monoisotopic (exact) mass is 290 g/mol. The van der Waals surface area contributed by atoms with Crippen molar-refractivity contribution in [2.24, 2.45) is 5.92 Å². The van der Waals surface area contributed by atoms with Crippen molar-refractivity contribution < 1.29 is 4.74 Å². The van der Waals surface area contributed by atoms with E-state index in [1.165, 1.54) is 24.1 Å². The highest BCUT2D eigenvalue weighted by Crippen LogP contribution is 2.32. The zero-order valence-corrected chi connectivity index (χ0v) is 14.0. The number of benzene rings is 1. The molecule has 0 saturated carbocycles. The molecule has 0 bridgehead atoms. The molecule has 1 aromatic carbocycles. The van der Waals surface area contributed by atoms with Crippen molar-refractivity contribution in [2.75, 3.05) is 24.6 Å². The first-order valence-corrected chi connectivity index (χ1v) is 8.34. The van der Waals surface area contributed by atoms with Gasteiger partial charge in [-0.2, -0.15) is 0 Å². The lowest BCUT2D eigenvalue weighted by Gasteiger charge is -2.33. The Balaban J connectivity index is 2.12. The highest BCUT2D eigenvalue weighted by molar-refractivity contribution is 5.60. The van der Waals surface area contributed by atoms with Crippen LogP contribution in [0.5, 0.6) is 5.75 Å². The number of rotatable bonds is 6. The van der Waals surface area contributed by atoms with Gasteiger partial charge in [-0.25, -0.2) is 0 Å². The first-order chi connectivity index (χ1) is 10.1. The van der Waals surface area contributed by atoms with Gasteiger partial charge in [-0.15, -0.1) is 0 Å². The summed E-state index contributed by atoms with van der Waals surface area (Å²) in [5.41, 5.74) is 2.55.